The first-order valence-corrected chi connectivity index (χ1v) is 9.27. The second kappa shape index (κ2) is 7.06. The predicted octanol–water partition coefficient (Wildman–Crippen LogP) is 7.16. The van der Waals surface area contributed by atoms with E-state index >= 15 is 0 Å². The Hall–Kier alpha value is -2.32. The molecular formula is C22H23NS. The lowest BCUT2D eigenvalue weighted by atomic mass is 10.1. The number of aryl methyl sites for hydroxylation is 1. The van der Waals surface area contributed by atoms with Gasteiger partial charge in [0.15, 0.2) is 0 Å². The molecule has 0 amide bonds. The van der Waals surface area contributed by atoms with Gasteiger partial charge in [-0.25, -0.2) is 0 Å². The highest BCUT2D eigenvalue weighted by Gasteiger charge is 2.13. The van der Waals surface area contributed by atoms with Crippen LogP contribution < -0.4 is 4.90 Å². The molecule has 0 saturated heterocycles. The van der Waals surface area contributed by atoms with Gasteiger partial charge < -0.3 is 4.90 Å². The molecule has 0 aliphatic rings. The summed E-state index contributed by atoms with van der Waals surface area (Å²) in [5.41, 5.74) is 3.82. The van der Waals surface area contributed by atoms with Gasteiger partial charge in [-0.3, -0.25) is 0 Å². The van der Waals surface area contributed by atoms with Crippen LogP contribution in [0.25, 0.3) is 20.2 Å². The van der Waals surface area contributed by atoms with E-state index in [1.165, 1.54) is 37.1 Å². The van der Waals surface area contributed by atoms with E-state index in [0.717, 1.165) is 0 Å². The van der Waals surface area contributed by atoms with Crippen LogP contribution in [0.4, 0.5) is 11.4 Å². The maximum Gasteiger partial charge on any atom is 0.0592 e. The van der Waals surface area contributed by atoms with Gasteiger partial charge >= 0.3 is 0 Å². The average Bonchev–Trinajstić information content (AvgIpc) is 3.02. The molecule has 3 aromatic carbocycles. The molecule has 0 saturated carbocycles. The minimum Gasteiger partial charge on any atom is -0.343 e. The first-order chi connectivity index (χ1) is 11.8. The standard InChI is InChI=1S/C20H17NS.C2H6/c1-14-8-3-5-11-17(14)21(2)18-12-7-10-16-15-9-4-6-13-19(15)22-20(16)18;1-2/h3-13H,1-2H3;1-2H3. The molecule has 0 spiro atoms. The summed E-state index contributed by atoms with van der Waals surface area (Å²) in [5.74, 6) is 0. The van der Waals surface area contributed by atoms with Crippen LogP contribution in [0.15, 0.2) is 66.7 Å². The molecule has 1 heterocycles. The molecule has 4 aromatic rings. The third-order valence-corrected chi connectivity index (χ3v) is 5.43. The molecule has 24 heavy (non-hydrogen) atoms. The Labute approximate surface area is 148 Å². The first kappa shape index (κ1) is 16.5. The summed E-state index contributed by atoms with van der Waals surface area (Å²) in [6.45, 7) is 6.16. The van der Waals surface area contributed by atoms with E-state index < -0.39 is 0 Å². The van der Waals surface area contributed by atoms with E-state index in [9.17, 15) is 0 Å². The highest BCUT2D eigenvalue weighted by atomic mass is 32.1. The number of rotatable bonds is 2. The molecule has 0 unspecified atom stereocenters. The van der Waals surface area contributed by atoms with Crippen molar-refractivity contribution in [3.05, 3.63) is 72.3 Å². The summed E-state index contributed by atoms with van der Waals surface area (Å²) in [7, 11) is 2.15. The van der Waals surface area contributed by atoms with Crippen molar-refractivity contribution in [3.8, 4) is 0 Å². The summed E-state index contributed by atoms with van der Waals surface area (Å²) in [5, 5.41) is 2.70. The first-order valence-electron chi connectivity index (χ1n) is 8.45. The number of fused-ring (bicyclic) bond motifs is 3. The fourth-order valence-corrected chi connectivity index (χ4v) is 4.32. The zero-order chi connectivity index (χ0) is 17.1. The highest BCUT2D eigenvalue weighted by Crippen LogP contribution is 2.41. The molecule has 0 aliphatic carbocycles. The lowest BCUT2D eigenvalue weighted by Gasteiger charge is -2.22. The molecule has 122 valence electrons. The van der Waals surface area contributed by atoms with Gasteiger partial charge in [-0.1, -0.05) is 62.4 Å². The minimum atomic E-state index is 1.26. The van der Waals surface area contributed by atoms with Crippen LogP contribution in [0.3, 0.4) is 0 Å². The minimum absolute atomic E-state index is 1.26. The normalized spacial score (nSPS) is 10.5. The maximum absolute atomic E-state index is 2.30. The van der Waals surface area contributed by atoms with Crippen LogP contribution in [0, 0.1) is 6.92 Å². The number of anilines is 2. The Kier molecular flexibility index (Phi) is 4.86. The van der Waals surface area contributed by atoms with Crippen LogP contribution in [0.1, 0.15) is 19.4 Å². The van der Waals surface area contributed by atoms with Crippen molar-refractivity contribution < 1.29 is 0 Å². The summed E-state index contributed by atoms with van der Waals surface area (Å²) in [6, 6.07) is 23.8. The van der Waals surface area contributed by atoms with Crippen molar-refractivity contribution in [3.63, 3.8) is 0 Å². The lowest BCUT2D eigenvalue weighted by Crippen LogP contribution is -2.10. The second-order valence-electron chi connectivity index (χ2n) is 5.60. The molecule has 4 rings (SSSR count). The number of thiophene rings is 1. The van der Waals surface area contributed by atoms with E-state index in [4.69, 9.17) is 0 Å². The SMILES string of the molecule is CC.Cc1ccccc1N(C)c1cccc2c1sc1ccccc12. The van der Waals surface area contributed by atoms with Gasteiger partial charge in [-0.2, -0.15) is 0 Å². The van der Waals surface area contributed by atoms with Crippen molar-refractivity contribution in [2.24, 2.45) is 0 Å². The zero-order valence-corrected chi connectivity index (χ0v) is 15.5. The molecule has 1 aromatic heterocycles. The summed E-state index contributed by atoms with van der Waals surface area (Å²) >= 11 is 1.88. The summed E-state index contributed by atoms with van der Waals surface area (Å²) < 4.78 is 2.71. The molecule has 0 radical (unpaired) electrons. The molecule has 0 bridgehead atoms. The predicted molar refractivity (Wildman–Crippen MR) is 110 cm³/mol. The number of nitrogens with zero attached hydrogens (tertiary/aromatic N) is 1. The van der Waals surface area contributed by atoms with E-state index in [-0.39, 0.29) is 0 Å². The smallest absolute Gasteiger partial charge is 0.0592 e. The molecule has 2 heteroatoms. The quantitative estimate of drug-likeness (QED) is 0.376. The summed E-state index contributed by atoms with van der Waals surface area (Å²) in [4.78, 5) is 2.30. The number of benzene rings is 3. The van der Waals surface area contributed by atoms with Crippen LogP contribution in [-0.4, -0.2) is 7.05 Å². The van der Waals surface area contributed by atoms with Crippen molar-refractivity contribution >= 4 is 42.9 Å². The van der Waals surface area contributed by atoms with Crippen LogP contribution >= 0.6 is 11.3 Å². The Morgan fingerprint density at radius 1 is 0.708 bits per heavy atom. The van der Waals surface area contributed by atoms with Gasteiger partial charge in [0.05, 0.1) is 10.4 Å². The highest BCUT2D eigenvalue weighted by molar-refractivity contribution is 7.26. The van der Waals surface area contributed by atoms with Crippen LogP contribution in [-0.2, 0) is 0 Å². The van der Waals surface area contributed by atoms with Crippen molar-refractivity contribution in [2.45, 2.75) is 20.8 Å². The third-order valence-electron chi connectivity index (χ3n) is 4.22. The Balaban J connectivity index is 0.000000815. The van der Waals surface area contributed by atoms with Gasteiger partial charge in [0.1, 0.15) is 0 Å². The van der Waals surface area contributed by atoms with Crippen LogP contribution in [0.2, 0.25) is 0 Å². The van der Waals surface area contributed by atoms with Gasteiger partial charge in [-0.05, 0) is 30.7 Å². The monoisotopic (exact) mass is 333 g/mol. The summed E-state index contributed by atoms with van der Waals surface area (Å²) in [6.07, 6.45) is 0. The van der Waals surface area contributed by atoms with Crippen molar-refractivity contribution in [2.75, 3.05) is 11.9 Å². The fraction of sp³-hybridized carbons (Fsp3) is 0.182. The molecular weight excluding hydrogens is 310 g/mol. The lowest BCUT2D eigenvalue weighted by molar-refractivity contribution is 1.20. The molecule has 0 aliphatic heterocycles. The molecule has 0 fully saturated rings. The van der Waals surface area contributed by atoms with Gasteiger partial charge in [0.25, 0.3) is 0 Å². The number of hydrogen-bond acceptors (Lipinski definition) is 2. The van der Waals surface area contributed by atoms with E-state index in [2.05, 4.69) is 85.6 Å². The largest absolute Gasteiger partial charge is 0.343 e. The Bertz CT molecular complexity index is 968. The maximum atomic E-state index is 2.30. The van der Waals surface area contributed by atoms with Gasteiger partial charge in [-0.15, -0.1) is 11.3 Å². The van der Waals surface area contributed by atoms with Crippen molar-refractivity contribution in [1.29, 1.82) is 0 Å². The zero-order valence-electron chi connectivity index (χ0n) is 14.7. The van der Waals surface area contributed by atoms with Gasteiger partial charge in [0, 0.05) is 28.2 Å². The van der Waals surface area contributed by atoms with E-state index in [1.54, 1.807) is 0 Å². The number of hydrogen-bond donors (Lipinski definition) is 0. The van der Waals surface area contributed by atoms with E-state index in [0.29, 0.717) is 0 Å². The van der Waals surface area contributed by atoms with E-state index in [1.807, 2.05) is 25.2 Å². The van der Waals surface area contributed by atoms with Crippen molar-refractivity contribution in [1.82, 2.24) is 0 Å². The Morgan fingerprint density at radius 3 is 2.12 bits per heavy atom. The van der Waals surface area contributed by atoms with Gasteiger partial charge in [0.2, 0.25) is 0 Å². The second-order valence-corrected chi connectivity index (χ2v) is 6.65. The van der Waals surface area contributed by atoms with Crippen LogP contribution in [0.5, 0.6) is 0 Å². The fourth-order valence-electron chi connectivity index (χ4n) is 3.07. The molecule has 0 N–H and O–H groups in total. The number of para-hydroxylation sites is 1. The topological polar surface area (TPSA) is 3.24 Å². The average molecular weight is 334 g/mol. The molecule has 0 atom stereocenters. The third kappa shape index (κ3) is 2.78. The Morgan fingerprint density at radius 2 is 1.33 bits per heavy atom. The molecule has 1 nitrogen and oxygen atoms in total.